The largest absolute Gasteiger partial charge is 0.342 e. The molecule has 3 fully saturated rings. The minimum Gasteiger partial charge on any atom is -0.342 e. The third-order valence-corrected chi connectivity index (χ3v) is 7.05. The van der Waals surface area contributed by atoms with E-state index in [4.69, 9.17) is 0 Å². The molecule has 3 saturated heterocycles. The maximum atomic E-state index is 12.9. The summed E-state index contributed by atoms with van der Waals surface area (Å²) in [7, 11) is 0. The highest BCUT2D eigenvalue weighted by Crippen LogP contribution is 2.38. The summed E-state index contributed by atoms with van der Waals surface area (Å²) in [5, 5.41) is 0.613. The summed E-state index contributed by atoms with van der Waals surface area (Å²) in [6.45, 7) is 2.82. The fourth-order valence-electron chi connectivity index (χ4n) is 5.64. The van der Waals surface area contributed by atoms with Crippen molar-refractivity contribution in [2.24, 2.45) is 11.8 Å². The highest BCUT2D eigenvalue weighted by molar-refractivity contribution is 5.78. The molecule has 5 rings (SSSR count). The van der Waals surface area contributed by atoms with Gasteiger partial charge in [-0.05, 0) is 49.7 Å². The van der Waals surface area contributed by atoms with E-state index < -0.39 is 0 Å². The van der Waals surface area contributed by atoms with Crippen LogP contribution in [-0.4, -0.2) is 56.8 Å². The van der Waals surface area contributed by atoms with E-state index in [0.29, 0.717) is 60.5 Å². The molecule has 0 N–H and O–H groups in total. The minimum absolute atomic E-state index is 0.0531. The molecule has 30 heavy (non-hydrogen) atoms. The number of rotatable bonds is 4. The summed E-state index contributed by atoms with van der Waals surface area (Å²) in [5.74, 6) is 1.29. The first-order chi connectivity index (χ1) is 14.6. The van der Waals surface area contributed by atoms with E-state index in [1.165, 1.54) is 0 Å². The third kappa shape index (κ3) is 3.50. The second-order valence-electron chi connectivity index (χ2n) is 9.03. The van der Waals surface area contributed by atoms with Crippen LogP contribution in [0.4, 0.5) is 0 Å². The number of aromatic nitrogens is 2. The number of carbonyl (C=O) groups excluding carboxylic acids is 2. The fraction of sp³-hybridized carbons (Fsp3) is 0.565. The van der Waals surface area contributed by atoms with Gasteiger partial charge in [-0.2, -0.15) is 0 Å². The SMILES string of the molecule is O=C(CCCn1cnc2ccccc2c1=O)N1CC2CC(C1)C1CCCC(=O)N1C2. The first-order valence-corrected chi connectivity index (χ1v) is 11.1. The predicted molar refractivity (Wildman–Crippen MR) is 113 cm³/mol. The molecule has 1 aromatic carbocycles. The van der Waals surface area contributed by atoms with Crippen molar-refractivity contribution in [3.05, 3.63) is 40.9 Å². The number of nitrogens with zero attached hydrogens (tertiary/aromatic N) is 4. The zero-order valence-corrected chi connectivity index (χ0v) is 17.2. The van der Waals surface area contributed by atoms with Gasteiger partial charge >= 0.3 is 0 Å². The second-order valence-corrected chi connectivity index (χ2v) is 9.03. The molecule has 0 saturated carbocycles. The van der Waals surface area contributed by atoms with Crippen LogP contribution < -0.4 is 5.56 Å². The van der Waals surface area contributed by atoms with E-state index in [1.54, 1.807) is 17.0 Å². The van der Waals surface area contributed by atoms with E-state index in [2.05, 4.69) is 9.88 Å². The van der Waals surface area contributed by atoms with Crippen molar-refractivity contribution in [2.75, 3.05) is 19.6 Å². The molecule has 7 nitrogen and oxygen atoms in total. The number of likely N-dealkylation sites (tertiary alicyclic amines) is 1. The number of fused-ring (bicyclic) bond motifs is 5. The maximum Gasteiger partial charge on any atom is 0.261 e. The monoisotopic (exact) mass is 408 g/mol. The van der Waals surface area contributed by atoms with Gasteiger partial charge in [-0.3, -0.25) is 19.0 Å². The van der Waals surface area contributed by atoms with Crippen LogP contribution in [0.25, 0.3) is 10.9 Å². The lowest BCUT2D eigenvalue weighted by Gasteiger charge is -2.52. The Labute approximate surface area is 175 Å². The van der Waals surface area contributed by atoms with Crippen LogP contribution in [0, 0.1) is 11.8 Å². The molecule has 4 heterocycles. The first kappa shape index (κ1) is 19.3. The molecular weight excluding hydrogens is 380 g/mol. The molecule has 0 spiro atoms. The Morgan fingerprint density at radius 2 is 2.00 bits per heavy atom. The van der Waals surface area contributed by atoms with Crippen LogP contribution in [0.2, 0.25) is 0 Å². The number of amides is 2. The molecule has 2 aromatic rings. The van der Waals surface area contributed by atoms with Crippen molar-refractivity contribution in [3.8, 4) is 0 Å². The van der Waals surface area contributed by atoms with Gasteiger partial charge in [0.1, 0.15) is 0 Å². The van der Waals surface area contributed by atoms with Crippen molar-refractivity contribution >= 4 is 22.7 Å². The molecule has 0 aliphatic carbocycles. The van der Waals surface area contributed by atoms with Crippen LogP contribution in [0.1, 0.15) is 38.5 Å². The molecule has 3 aliphatic rings. The lowest BCUT2D eigenvalue weighted by atomic mass is 9.76. The topological polar surface area (TPSA) is 75.5 Å². The van der Waals surface area contributed by atoms with Gasteiger partial charge in [-0.15, -0.1) is 0 Å². The number of hydrogen-bond donors (Lipinski definition) is 0. The number of piperidine rings is 3. The van der Waals surface area contributed by atoms with Crippen molar-refractivity contribution in [1.82, 2.24) is 19.4 Å². The Bertz CT molecular complexity index is 1030. The van der Waals surface area contributed by atoms with Gasteiger partial charge in [0, 0.05) is 45.1 Å². The molecule has 1 aromatic heterocycles. The van der Waals surface area contributed by atoms with Crippen molar-refractivity contribution in [1.29, 1.82) is 0 Å². The average molecular weight is 409 g/mol. The highest BCUT2D eigenvalue weighted by Gasteiger charge is 2.44. The predicted octanol–water partition coefficient (Wildman–Crippen LogP) is 2.04. The van der Waals surface area contributed by atoms with Gasteiger partial charge in [0.25, 0.3) is 5.56 Å². The van der Waals surface area contributed by atoms with E-state index >= 15 is 0 Å². The van der Waals surface area contributed by atoms with Crippen molar-refractivity contribution in [2.45, 2.75) is 51.1 Å². The Morgan fingerprint density at radius 1 is 1.13 bits per heavy atom. The van der Waals surface area contributed by atoms with Gasteiger partial charge in [0.2, 0.25) is 11.8 Å². The summed E-state index contributed by atoms with van der Waals surface area (Å²) >= 11 is 0. The molecule has 3 aliphatic heterocycles. The van der Waals surface area contributed by atoms with Gasteiger partial charge in [0.05, 0.1) is 17.2 Å². The van der Waals surface area contributed by atoms with Crippen LogP contribution in [0.15, 0.2) is 35.4 Å². The number of para-hydroxylation sites is 1. The zero-order valence-electron chi connectivity index (χ0n) is 17.2. The molecule has 3 unspecified atom stereocenters. The molecule has 2 bridgehead atoms. The summed E-state index contributed by atoms with van der Waals surface area (Å²) in [6.07, 6.45) is 6.50. The summed E-state index contributed by atoms with van der Waals surface area (Å²) in [5.41, 5.74) is 0.646. The summed E-state index contributed by atoms with van der Waals surface area (Å²) < 4.78 is 1.60. The smallest absolute Gasteiger partial charge is 0.261 e. The molecule has 2 amide bonds. The number of hydrogen-bond acceptors (Lipinski definition) is 4. The highest BCUT2D eigenvalue weighted by atomic mass is 16.2. The van der Waals surface area contributed by atoms with E-state index in [0.717, 1.165) is 38.9 Å². The Balaban J connectivity index is 1.19. The normalized spacial score (nSPS) is 26.0. The summed E-state index contributed by atoms with van der Waals surface area (Å²) in [6, 6.07) is 7.65. The van der Waals surface area contributed by atoms with E-state index in [9.17, 15) is 14.4 Å². The Morgan fingerprint density at radius 3 is 2.90 bits per heavy atom. The Hall–Kier alpha value is -2.70. The zero-order chi connectivity index (χ0) is 20.7. The van der Waals surface area contributed by atoms with Crippen LogP contribution in [0.3, 0.4) is 0 Å². The van der Waals surface area contributed by atoms with Crippen LogP contribution in [-0.2, 0) is 16.1 Å². The first-order valence-electron chi connectivity index (χ1n) is 11.1. The van der Waals surface area contributed by atoms with Crippen LogP contribution in [0.5, 0.6) is 0 Å². The lowest BCUT2D eigenvalue weighted by molar-refractivity contribution is -0.148. The number of aryl methyl sites for hydroxylation is 1. The molecule has 7 heteroatoms. The van der Waals surface area contributed by atoms with Gasteiger partial charge in [-0.25, -0.2) is 4.98 Å². The Kier molecular flexibility index (Phi) is 5.05. The lowest BCUT2D eigenvalue weighted by Crippen LogP contribution is -2.61. The number of benzene rings is 1. The van der Waals surface area contributed by atoms with Gasteiger partial charge in [-0.1, -0.05) is 12.1 Å². The van der Waals surface area contributed by atoms with Crippen molar-refractivity contribution in [3.63, 3.8) is 0 Å². The standard InChI is InChI=1S/C23H28N4O3/c28-21(9-4-10-25-15-24-19-6-2-1-5-18(19)23(25)30)26-12-16-11-17(14-26)20-7-3-8-22(29)27(20)13-16/h1-2,5-6,15-17,20H,3-4,7-14H2. The van der Waals surface area contributed by atoms with Crippen LogP contribution >= 0.6 is 0 Å². The molecule has 158 valence electrons. The minimum atomic E-state index is -0.0531. The fourth-order valence-corrected chi connectivity index (χ4v) is 5.64. The quantitative estimate of drug-likeness (QED) is 0.776. The van der Waals surface area contributed by atoms with Gasteiger partial charge in [0.15, 0.2) is 0 Å². The maximum absolute atomic E-state index is 12.9. The average Bonchev–Trinajstić information content (AvgIpc) is 2.76. The van der Waals surface area contributed by atoms with Crippen molar-refractivity contribution < 1.29 is 9.59 Å². The van der Waals surface area contributed by atoms with E-state index in [-0.39, 0.29) is 11.5 Å². The second kappa shape index (κ2) is 7.85. The molecular formula is C23H28N4O3. The molecule has 0 radical (unpaired) electrons. The van der Waals surface area contributed by atoms with E-state index in [1.807, 2.05) is 23.1 Å². The van der Waals surface area contributed by atoms with Gasteiger partial charge < -0.3 is 9.80 Å². The molecule has 3 atom stereocenters. The third-order valence-electron chi connectivity index (χ3n) is 7.05. The summed E-state index contributed by atoms with van der Waals surface area (Å²) in [4.78, 5) is 46.2. The number of carbonyl (C=O) groups is 2.